The van der Waals surface area contributed by atoms with Gasteiger partial charge in [0.15, 0.2) is 0 Å². The molecule has 0 unspecified atom stereocenters. The zero-order valence-electron chi connectivity index (χ0n) is 10.1. The summed E-state index contributed by atoms with van der Waals surface area (Å²) >= 11 is 6.61. The number of aromatic nitrogens is 1. The van der Waals surface area contributed by atoms with Crippen LogP contribution in [0.15, 0.2) is 29.1 Å². The molecule has 0 aliphatic carbocycles. The summed E-state index contributed by atoms with van der Waals surface area (Å²) < 4.78 is 0. The number of benzene rings is 1. The summed E-state index contributed by atoms with van der Waals surface area (Å²) in [4.78, 5) is 4.69. The first kappa shape index (κ1) is 13.0. The molecule has 2 aromatic rings. The number of hydrogen-bond donors (Lipinski definition) is 2. The second kappa shape index (κ2) is 5.93. The van der Waals surface area contributed by atoms with Gasteiger partial charge in [0.25, 0.3) is 0 Å². The van der Waals surface area contributed by atoms with E-state index < -0.39 is 0 Å². The highest BCUT2D eigenvalue weighted by Crippen LogP contribution is 2.15. The molecule has 0 aliphatic rings. The molecule has 1 aromatic heterocycles. The third kappa shape index (κ3) is 3.27. The lowest BCUT2D eigenvalue weighted by molar-refractivity contribution is 0.977. The number of thiocarbonyl (C=S) groups is 1. The Morgan fingerprint density at radius 2 is 2.33 bits per heavy atom. The Bertz CT molecular complexity index is 535. The van der Waals surface area contributed by atoms with Crippen molar-refractivity contribution in [3.05, 3.63) is 45.9 Å². The van der Waals surface area contributed by atoms with Crippen LogP contribution in [0.3, 0.4) is 0 Å². The Balaban J connectivity index is 1.94. The largest absolute Gasteiger partial charge is 0.389 e. The maximum Gasteiger partial charge on any atom is 0.104 e. The molecule has 1 heterocycles. The molecule has 0 amide bonds. The molecule has 94 valence electrons. The van der Waals surface area contributed by atoms with Gasteiger partial charge in [-0.25, -0.2) is 4.98 Å². The molecule has 0 fully saturated rings. The smallest absolute Gasteiger partial charge is 0.104 e. The van der Waals surface area contributed by atoms with Crippen molar-refractivity contribution in [2.75, 3.05) is 11.9 Å². The third-order valence-corrected chi connectivity index (χ3v) is 3.54. The van der Waals surface area contributed by atoms with Gasteiger partial charge < -0.3 is 11.1 Å². The summed E-state index contributed by atoms with van der Waals surface area (Å²) in [5, 5.41) is 5.44. The zero-order valence-corrected chi connectivity index (χ0v) is 11.8. The second-order valence-corrected chi connectivity index (χ2v) is 5.21. The first-order chi connectivity index (χ1) is 8.66. The van der Waals surface area contributed by atoms with Gasteiger partial charge >= 0.3 is 0 Å². The van der Waals surface area contributed by atoms with E-state index in [1.54, 1.807) is 11.3 Å². The molecule has 5 heteroatoms. The van der Waals surface area contributed by atoms with Gasteiger partial charge in [-0.15, -0.1) is 11.3 Å². The van der Waals surface area contributed by atoms with Gasteiger partial charge in [-0.1, -0.05) is 12.2 Å². The third-order valence-electron chi connectivity index (χ3n) is 2.69. The van der Waals surface area contributed by atoms with E-state index in [0.29, 0.717) is 4.99 Å². The van der Waals surface area contributed by atoms with Crippen LogP contribution in [0.25, 0.3) is 0 Å². The molecule has 0 radical (unpaired) electrons. The van der Waals surface area contributed by atoms with Crippen LogP contribution < -0.4 is 11.1 Å². The Hall–Kier alpha value is -1.46. The lowest BCUT2D eigenvalue weighted by Crippen LogP contribution is -2.12. The highest BCUT2D eigenvalue weighted by atomic mass is 32.1. The second-order valence-electron chi connectivity index (χ2n) is 4.05. The highest BCUT2D eigenvalue weighted by molar-refractivity contribution is 7.80. The molecule has 0 spiro atoms. The number of hydrogen-bond acceptors (Lipinski definition) is 4. The van der Waals surface area contributed by atoms with Crippen molar-refractivity contribution in [1.82, 2.24) is 4.98 Å². The number of rotatable bonds is 5. The summed E-state index contributed by atoms with van der Waals surface area (Å²) in [5.41, 5.74) is 11.7. The quantitative estimate of drug-likeness (QED) is 0.825. The monoisotopic (exact) mass is 277 g/mol. The molecule has 18 heavy (non-hydrogen) atoms. The number of nitrogens with zero attached hydrogens (tertiary/aromatic N) is 1. The predicted octanol–water partition coefficient (Wildman–Crippen LogP) is 2.74. The van der Waals surface area contributed by atoms with Crippen molar-refractivity contribution in [3.63, 3.8) is 0 Å². The van der Waals surface area contributed by atoms with E-state index in [1.807, 2.05) is 24.6 Å². The minimum absolute atomic E-state index is 0.446. The molecule has 3 nitrogen and oxygen atoms in total. The number of aryl methyl sites for hydroxylation is 1. The number of anilines is 1. The number of nitrogens with one attached hydrogen (secondary N) is 1. The summed E-state index contributed by atoms with van der Waals surface area (Å²) in [6.45, 7) is 2.88. The molecule has 1 aromatic carbocycles. The van der Waals surface area contributed by atoms with Gasteiger partial charge in [-0.3, -0.25) is 0 Å². The Kier molecular flexibility index (Phi) is 4.28. The number of nitrogens with two attached hydrogens (primary N) is 1. The topological polar surface area (TPSA) is 50.9 Å². The molecule has 0 bridgehead atoms. The molecular formula is C13H15N3S2. The summed E-state index contributed by atoms with van der Waals surface area (Å²) in [6, 6.07) is 6.03. The van der Waals surface area contributed by atoms with E-state index in [4.69, 9.17) is 18.0 Å². The minimum Gasteiger partial charge on any atom is -0.389 e. The van der Waals surface area contributed by atoms with Crippen LogP contribution in [0.4, 0.5) is 5.69 Å². The van der Waals surface area contributed by atoms with Crippen LogP contribution in [0.5, 0.6) is 0 Å². The first-order valence-corrected chi connectivity index (χ1v) is 7.03. The fourth-order valence-electron chi connectivity index (χ4n) is 1.75. The van der Waals surface area contributed by atoms with E-state index in [0.717, 1.165) is 35.5 Å². The van der Waals surface area contributed by atoms with Gasteiger partial charge in [0.2, 0.25) is 0 Å². The lowest BCUT2D eigenvalue weighted by atomic mass is 10.1. The van der Waals surface area contributed by atoms with Crippen LogP contribution in [-0.4, -0.2) is 16.5 Å². The van der Waals surface area contributed by atoms with Crippen LogP contribution in [0.1, 0.15) is 16.8 Å². The zero-order chi connectivity index (χ0) is 13.0. The number of thiazole rings is 1. The maximum absolute atomic E-state index is 5.63. The average molecular weight is 277 g/mol. The summed E-state index contributed by atoms with van der Waals surface area (Å²) in [7, 11) is 0. The Morgan fingerprint density at radius 3 is 2.94 bits per heavy atom. The molecule has 0 aliphatic heterocycles. The van der Waals surface area contributed by atoms with Gasteiger partial charge in [-0.2, -0.15) is 0 Å². The van der Waals surface area contributed by atoms with Crippen molar-refractivity contribution < 1.29 is 0 Å². The van der Waals surface area contributed by atoms with Crippen molar-refractivity contribution in [3.8, 4) is 0 Å². The molecule has 0 saturated carbocycles. The maximum atomic E-state index is 5.63. The SMILES string of the molecule is Cc1cc(NCCc2cscn2)ccc1C(N)=S. The molecule has 2 rings (SSSR count). The van der Waals surface area contributed by atoms with Gasteiger partial charge in [-0.05, 0) is 30.7 Å². The molecule has 0 saturated heterocycles. The van der Waals surface area contributed by atoms with Gasteiger partial charge in [0.1, 0.15) is 4.99 Å². The molecule has 0 atom stereocenters. The average Bonchev–Trinajstić information content (AvgIpc) is 2.81. The van der Waals surface area contributed by atoms with Gasteiger partial charge in [0, 0.05) is 29.6 Å². The lowest BCUT2D eigenvalue weighted by Gasteiger charge is -2.09. The molecular weight excluding hydrogens is 262 g/mol. The van der Waals surface area contributed by atoms with E-state index in [9.17, 15) is 0 Å². The fraction of sp³-hybridized carbons (Fsp3) is 0.231. The van der Waals surface area contributed by atoms with Gasteiger partial charge in [0.05, 0.1) is 11.2 Å². The van der Waals surface area contributed by atoms with Crippen LogP contribution in [-0.2, 0) is 6.42 Å². The predicted molar refractivity (Wildman–Crippen MR) is 81.4 cm³/mol. The van der Waals surface area contributed by atoms with Crippen molar-refractivity contribution in [1.29, 1.82) is 0 Å². The van der Waals surface area contributed by atoms with Crippen LogP contribution in [0.2, 0.25) is 0 Å². The van der Waals surface area contributed by atoms with E-state index in [2.05, 4.69) is 21.7 Å². The van der Waals surface area contributed by atoms with E-state index >= 15 is 0 Å². The van der Waals surface area contributed by atoms with E-state index in [-0.39, 0.29) is 0 Å². The highest BCUT2D eigenvalue weighted by Gasteiger charge is 2.02. The molecule has 3 N–H and O–H groups in total. The fourth-order valence-corrected chi connectivity index (χ4v) is 2.57. The van der Waals surface area contributed by atoms with Crippen LogP contribution >= 0.6 is 23.6 Å². The van der Waals surface area contributed by atoms with Crippen molar-refractivity contribution >= 4 is 34.2 Å². The van der Waals surface area contributed by atoms with Crippen LogP contribution in [0, 0.1) is 6.92 Å². The first-order valence-electron chi connectivity index (χ1n) is 5.68. The Labute approximate surface area is 116 Å². The standard InChI is InChI=1S/C13H15N3S2/c1-9-6-10(2-3-12(9)13(14)17)15-5-4-11-7-18-8-16-11/h2-3,6-8,15H,4-5H2,1H3,(H2,14,17). The Morgan fingerprint density at radius 1 is 1.50 bits per heavy atom. The van der Waals surface area contributed by atoms with E-state index in [1.165, 1.54) is 0 Å². The summed E-state index contributed by atoms with van der Waals surface area (Å²) in [6.07, 6.45) is 0.930. The summed E-state index contributed by atoms with van der Waals surface area (Å²) in [5.74, 6) is 0. The van der Waals surface area contributed by atoms with Crippen molar-refractivity contribution in [2.45, 2.75) is 13.3 Å². The normalized spacial score (nSPS) is 10.3. The van der Waals surface area contributed by atoms with Crippen molar-refractivity contribution in [2.24, 2.45) is 5.73 Å². The minimum atomic E-state index is 0.446.